The van der Waals surface area contributed by atoms with E-state index in [1.165, 1.54) is 24.3 Å². The number of ether oxygens (including phenoxy) is 1. The number of hydrogen-bond donors (Lipinski definition) is 4. The lowest BCUT2D eigenvalue weighted by atomic mass is 9.99. The van der Waals surface area contributed by atoms with Gasteiger partial charge in [-0.25, -0.2) is 9.97 Å². The number of carbonyl (C=O) groups excluding carboxylic acids is 2. The second-order valence-electron chi connectivity index (χ2n) is 24.8. The van der Waals surface area contributed by atoms with Gasteiger partial charge in [-0.15, -0.1) is 13.2 Å². The zero-order valence-electron chi connectivity index (χ0n) is 54.8. The number of aliphatic hydroxyl groups excluding tert-OH is 2. The van der Waals surface area contributed by atoms with Crippen LogP contribution in [0.3, 0.4) is 0 Å². The van der Waals surface area contributed by atoms with Crippen molar-refractivity contribution in [1.29, 1.82) is 0 Å². The highest BCUT2D eigenvalue weighted by molar-refractivity contribution is 6.42. The third-order valence-electron chi connectivity index (χ3n) is 17.6. The summed E-state index contributed by atoms with van der Waals surface area (Å²) in [6.07, 6.45) is -8.62. The summed E-state index contributed by atoms with van der Waals surface area (Å²) in [6.45, 7) is 9.33. The van der Waals surface area contributed by atoms with Gasteiger partial charge in [0.1, 0.15) is 29.0 Å². The quantitative estimate of drug-likeness (QED) is 0.0403. The van der Waals surface area contributed by atoms with E-state index in [0.29, 0.717) is 66.5 Å². The molecule has 0 aliphatic carbocycles. The number of halogens is 8. The van der Waals surface area contributed by atoms with Crippen LogP contribution in [0.5, 0.6) is 5.75 Å². The van der Waals surface area contributed by atoms with Gasteiger partial charge in [0.05, 0.1) is 50.9 Å². The Balaban J connectivity index is 0.000000200. The minimum Gasteiger partial charge on any atom is -0.406 e. The van der Waals surface area contributed by atoms with E-state index in [4.69, 9.17) is 33.2 Å². The number of likely N-dealkylation sites (N-methyl/N-ethyl adjacent to an activating group) is 1. The van der Waals surface area contributed by atoms with Crippen molar-refractivity contribution in [3.8, 4) is 28.5 Å². The molecule has 1 aliphatic heterocycles. The summed E-state index contributed by atoms with van der Waals surface area (Å²) in [5, 5.41) is 29.3. The molecule has 22 heteroatoms. The molecule has 0 amide bonds. The minimum atomic E-state index is -4.78. The lowest BCUT2D eigenvalue weighted by Gasteiger charge is -2.34. The minimum absolute atomic E-state index is 0.0377. The summed E-state index contributed by atoms with van der Waals surface area (Å²) in [5.41, 5.74) is 11.4. The summed E-state index contributed by atoms with van der Waals surface area (Å²) in [4.78, 5) is 41.5. The third-order valence-corrected chi connectivity index (χ3v) is 18.4. The molecule has 9 aromatic carbocycles. The molecule has 514 valence electrons. The molecule has 4 N–H and O–H groups in total. The van der Waals surface area contributed by atoms with Gasteiger partial charge in [-0.05, 0) is 174 Å². The van der Waals surface area contributed by atoms with E-state index in [0.717, 1.165) is 122 Å². The third kappa shape index (κ3) is 18.2. The van der Waals surface area contributed by atoms with Crippen LogP contribution in [0.1, 0.15) is 77.7 Å². The average molecular weight is 1390 g/mol. The fourth-order valence-electron chi connectivity index (χ4n) is 12.5. The number of rotatable bonds is 25. The Morgan fingerprint density at radius 1 is 0.576 bits per heavy atom. The molecular formula is C77H75Cl2F6N9O5. The predicted octanol–water partition coefficient (Wildman–Crippen LogP) is 16.0. The summed E-state index contributed by atoms with van der Waals surface area (Å²) in [6, 6.07) is 58.1. The van der Waals surface area contributed by atoms with Crippen molar-refractivity contribution < 1.29 is 50.9 Å². The number of imidazole rings is 2. The maximum Gasteiger partial charge on any atom is 0.573 e. The number of hydrogen-bond acceptors (Lipinski definition) is 12. The molecule has 0 saturated carbocycles. The van der Waals surface area contributed by atoms with Crippen LogP contribution in [0.2, 0.25) is 10.0 Å². The molecule has 99 heavy (non-hydrogen) atoms. The normalized spacial score (nSPS) is 13.6. The molecule has 1 saturated heterocycles. The van der Waals surface area contributed by atoms with E-state index in [1.807, 2.05) is 99.0 Å². The molecular weight excluding hydrogens is 1320 g/mol. The highest BCUT2D eigenvalue weighted by Crippen LogP contribution is 2.36. The first kappa shape index (κ1) is 71.2. The Morgan fingerprint density at radius 2 is 1.09 bits per heavy atom. The molecule has 0 bridgehead atoms. The van der Waals surface area contributed by atoms with E-state index in [9.17, 15) is 46.1 Å². The number of carbonyl (C=O) groups is 2. The molecule has 1 fully saturated rings. The number of aromatic nitrogens is 4. The van der Waals surface area contributed by atoms with Crippen LogP contribution in [-0.2, 0) is 41.9 Å². The van der Waals surface area contributed by atoms with Crippen molar-refractivity contribution in [3.63, 3.8) is 0 Å². The Bertz CT molecular complexity index is 4570. The van der Waals surface area contributed by atoms with E-state index in [1.54, 1.807) is 38.1 Å². The topological polar surface area (TPSA) is 153 Å². The summed E-state index contributed by atoms with van der Waals surface area (Å²) in [5.74, 6) is 1.14. The van der Waals surface area contributed by atoms with Crippen LogP contribution in [0, 0.1) is 0 Å². The molecule has 14 nitrogen and oxygen atoms in total. The molecule has 2 aromatic heterocycles. The van der Waals surface area contributed by atoms with Gasteiger partial charge < -0.3 is 49.4 Å². The largest absolute Gasteiger partial charge is 0.573 e. The summed E-state index contributed by atoms with van der Waals surface area (Å²) < 4.78 is 86.4. The molecule has 12 rings (SSSR count). The number of fused-ring (bicyclic) bond motifs is 3. The monoisotopic (exact) mass is 1390 g/mol. The number of aliphatic hydroxyl groups is 2. The predicted molar refractivity (Wildman–Crippen MR) is 379 cm³/mol. The van der Waals surface area contributed by atoms with Crippen LogP contribution in [-0.4, -0.2) is 112 Å². The van der Waals surface area contributed by atoms with Crippen LogP contribution in [0.25, 0.3) is 55.6 Å². The molecule has 0 radical (unpaired) electrons. The molecule has 11 aromatic rings. The first-order valence-electron chi connectivity index (χ1n) is 32.5. The number of piperazine rings is 1. The number of nitrogens with one attached hydrogen (secondary N) is 2. The van der Waals surface area contributed by atoms with Gasteiger partial charge in [-0.2, -0.15) is 13.2 Å². The van der Waals surface area contributed by atoms with Gasteiger partial charge in [0.2, 0.25) is 0 Å². The first-order valence-corrected chi connectivity index (χ1v) is 33.3. The van der Waals surface area contributed by atoms with E-state index >= 15 is 0 Å². The highest BCUT2D eigenvalue weighted by atomic mass is 35.5. The Labute approximate surface area is 580 Å². The number of anilines is 2. The van der Waals surface area contributed by atoms with Crippen LogP contribution < -0.4 is 25.2 Å². The van der Waals surface area contributed by atoms with Crippen molar-refractivity contribution in [1.82, 2.24) is 34.6 Å². The van der Waals surface area contributed by atoms with Gasteiger partial charge in [0.25, 0.3) is 0 Å². The average Bonchev–Trinajstić information content (AvgIpc) is 1.69. The number of Topliss-reactive ketones (excluding diaryl/α,β-unsaturated/α-hetero) is 2. The fourth-order valence-corrected chi connectivity index (χ4v) is 12.8. The molecule has 2 atom stereocenters. The maximum atomic E-state index is 13.3. The van der Waals surface area contributed by atoms with Crippen LogP contribution in [0.15, 0.2) is 194 Å². The zero-order chi connectivity index (χ0) is 70.0. The molecule has 3 heterocycles. The standard InChI is InChI=1S/C40H39F3N4O4.C37H36Cl2F3N5O/c1-27(50)23-36(44-25-32-7-4-6-29-5-2-3-8-35(29)32)31-13-18-38-37(24-31)45-39(30-11-14-33(15-12-30)46(19-21-48)20-22-49)47(38)26-28-9-16-34(17-10-28)51-40(41,42)43;1-24(48)19-33(43-22-26-5-13-31(38)32(39)20-26)28-8-14-35-34(21-28)44-36(47(35)23-25-3-9-29(10-4-25)37(40,41)42)27-6-11-30(12-7-27)46-17-15-45(2)16-18-46/h2-18,24,36,44,48-49H,19-23,25-26H2,1H3;3-14,20-21,33,43H,15-19,22-23H2,1-2H3. The van der Waals surface area contributed by atoms with Gasteiger partial charge in [0, 0.05) is 113 Å². The molecule has 1 aliphatic rings. The lowest BCUT2D eigenvalue weighted by Crippen LogP contribution is -2.44. The maximum absolute atomic E-state index is 13.3. The summed E-state index contributed by atoms with van der Waals surface area (Å²) >= 11 is 12.3. The second kappa shape index (κ2) is 31.8. The van der Waals surface area contributed by atoms with E-state index < -0.39 is 18.1 Å². The van der Waals surface area contributed by atoms with Gasteiger partial charge in [-0.3, -0.25) is 9.59 Å². The van der Waals surface area contributed by atoms with Crippen LogP contribution >= 0.6 is 23.2 Å². The van der Waals surface area contributed by atoms with Crippen molar-refractivity contribution in [3.05, 3.63) is 243 Å². The molecule has 2 unspecified atom stereocenters. The van der Waals surface area contributed by atoms with Crippen molar-refractivity contribution in [2.45, 2.75) is 77.5 Å². The van der Waals surface area contributed by atoms with E-state index in [-0.39, 0.29) is 55.5 Å². The number of alkyl halides is 6. The molecule has 0 spiro atoms. The Morgan fingerprint density at radius 3 is 1.62 bits per heavy atom. The zero-order valence-corrected chi connectivity index (χ0v) is 56.3. The smallest absolute Gasteiger partial charge is 0.406 e. The lowest BCUT2D eigenvalue weighted by molar-refractivity contribution is -0.274. The van der Waals surface area contributed by atoms with Gasteiger partial charge >= 0.3 is 12.5 Å². The number of ketones is 2. The van der Waals surface area contributed by atoms with Gasteiger partial charge in [-0.1, -0.05) is 108 Å². The number of benzene rings is 9. The highest BCUT2D eigenvalue weighted by Gasteiger charge is 2.32. The fraction of sp³-hybridized carbons (Fsp3) is 0.273. The van der Waals surface area contributed by atoms with E-state index in [2.05, 4.69) is 80.7 Å². The first-order chi connectivity index (χ1) is 47.6. The SMILES string of the molecule is CC(=O)CC(NCc1ccc(Cl)c(Cl)c1)c1ccc2c(c1)nc(-c1ccc(N3CCN(C)CC3)cc1)n2Cc1ccc(C(F)(F)F)cc1.CC(=O)CC(NCc1cccc2ccccc12)c1ccc2c(c1)nc(-c1ccc(N(CCO)CCO)cc1)n2Cc1ccc(OC(F)(F)F)cc1. The van der Waals surface area contributed by atoms with Crippen molar-refractivity contribution in [2.75, 3.05) is 69.3 Å². The van der Waals surface area contributed by atoms with Crippen molar-refractivity contribution >= 4 is 79.0 Å². The number of nitrogens with zero attached hydrogens (tertiary/aromatic N) is 7. The Kier molecular flexibility index (Phi) is 22.9. The summed E-state index contributed by atoms with van der Waals surface area (Å²) in [7, 11) is 2.13. The Hall–Kier alpha value is -9.12. The van der Waals surface area contributed by atoms with Crippen molar-refractivity contribution in [2.24, 2.45) is 0 Å². The van der Waals surface area contributed by atoms with Crippen LogP contribution in [0.4, 0.5) is 37.7 Å². The van der Waals surface area contributed by atoms with Gasteiger partial charge in [0.15, 0.2) is 0 Å². The second-order valence-corrected chi connectivity index (χ2v) is 25.6.